The lowest BCUT2D eigenvalue weighted by Crippen LogP contribution is -2.42. The van der Waals surface area contributed by atoms with Crippen molar-refractivity contribution in [3.8, 4) is 5.75 Å². The third-order valence-corrected chi connectivity index (χ3v) is 4.29. The van der Waals surface area contributed by atoms with Gasteiger partial charge < -0.3 is 23.7 Å². The Bertz CT molecular complexity index is 601. The number of ether oxygens (including phenoxy) is 5. The van der Waals surface area contributed by atoms with Gasteiger partial charge in [0.1, 0.15) is 5.75 Å². The third-order valence-electron chi connectivity index (χ3n) is 4.29. The second kappa shape index (κ2) is 9.05. The topological polar surface area (TPSA) is 46.2 Å². The van der Waals surface area contributed by atoms with Gasteiger partial charge in [-0.15, -0.1) is 13.2 Å². The maximum Gasteiger partial charge on any atom is 0.573 e. The largest absolute Gasteiger partial charge is 0.573 e. The van der Waals surface area contributed by atoms with Gasteiger partial charge in [0.15, 0.2) is 12.6 Å². The van der Waals surface area contributed by atoms with Crippen LogP contribution < -0.4 is 4.74 Å². The van der Waals surface area contributed by atoms with Gasteiger partial charge in [-0.2, -0.15) is 0 Å². The van der Waals surface area contributed by atoms with Crippen molar-refractivity contribution in [1.29, 1.82) is 0 Å². The number of hydrogen-bond acceptors (Lipinski definition) is 5. The zero-order valence-corrected chi connectivity index (χ0v) is 15.0. The van der Waals surface area contributed by atoms with E-state index in [-0.39, 0.29) is 23.9 Å². The summed E-state index contributed by atoms with van der Waals surface area (Å²) in [6.45, 7) is 4.04. The van der Waals surface area contributed by atoms with Crippen molar-refractivity contribution in [2.45, 2.75) is 32.3 Å². The van der Waals surface area contributed by atoms with Gasteiger partial charge in [-0.25, -0.2) is 0 Å². The van der Waals surface area contributed by atoms with Crippen molar-refractivity contribution in [2.75, 3.05) is 26.4 Å². The van der Waals surface area contributed by atoms with E-state index in [0.29, 0.717) is 32.0 Å². The van der Waals surface area contributed by atoms with E-state index in [4.69, 9.17) is 18.9 Å². The summed E-state index contributed by atoms with van der Waals surface area (Å²) in [7, 11) is 0. The summed E-state index contributed by atoms with van der Waals surface area (Å²) >= 11 is 0. The predicted molar refractivity (Wildman–Crippen MR) is 89.9 cm³/mol. The Hall–Kier alpha value is -1.61. The van der Waals surface area contributed by atoms with Crippen LogP contribution in [0.4, 0.5) is 13.2 Å². The number of rotatable bonds is 5. The first-order chi connectivity index (χ1) is 12.9. The highest BCUT2D eigenvalue weighted by Crippen LogP contribution is 2.31. The Labute approximate surface area is 156 Å². The molecule has 0 aromatic heterocycles. The summed E-state index contributed by atoms with van der Waals surface area (Å²) < 4.78 is 63.4. The fourth-order valence-corrected chi connectivity index (χ4v) is 2.94. The molecule has 1 aromatic rings. The fourth-order valence-electron chi connectivity index (χ4n) is 2.94. The minimum Gasteiger partial charge on any atom is -0.406 e. The minimum absolute atomic E-state index is 0.0507. The average molecular weight is 388 g/mol. The van der Waals surface area contributed by atoms with Gasteiger partial charge in [-0.05, 0) is 18.6 Å². The Kier molecular flexibility index (Phi) is 6.75. The van der Waals surface area contributed by atoms with Crippen molar-refractivity contribution in [3.63, 3.8) is 0 Å². The molecule has 0 unspecified atom stereocenters. The maximum atomic E-state index is 12.2. The van der Waals surface area contributed by atoms with Crippen molar-refractivity contribution in [1.82, 2.24) is 0 Å². The van der Waals surface area contributed by atoms with Crippen LogP contribution in [0.5, 0.6) is 5.75 Å². The zero-order valence-electron chi connectivity index (χ0n) is 15.0. The lowest BCUT2D eigenvalue weighted by molar-refractivity contribution is -0.280. The predicted octanol–water partition coefficient (Wildman–Crippen LogP) is 4.20. The Balaban J connectivity index is 1.46. The molecule has 27 heavy (non-hydrogen) atoms. The molecule has 3 rings (SSSR count). The molecule has 8 heteroatoms. The second-order valence-corrected chi connectivity index (χ2v) is 6.51. The molecule has 5 nitrogen and oxygen atoms in total. The average Bonchev–Trinajstić information content (AvgIpc) is 2.66. The molecule has 0 amide bonds. The van der Waals surface area contributed by atoms with Crippen LogP contribution in [0, 0.1) is 11.8 Å². The van der Waals surface area contributed by atoms with E-state index in [9.17, 15) is 13.2 Å². The first-order valence-electron chi connectivity index (χ1n) is 8.93. The lowest BCUT2D eigenvalue weighted by atomic mass is 10.1. The number of halogens is 3. The molecule has 2 saturated heterocycles. The Morgan fingerprint density at radius 3 is 2.19 bits per heavy atom. The van der Waals surface area contributed by atoms with E-state index in [1.165, 1.54) is 24.3 Å². The summed E-state index contributed by atoms with van der Waals surface area (Å²) in [5.41, 5.74) is 0.623. The van der Waals surface area contributed by atoms with Gasteiger partial charge in [0, 0.05) is 11.5 Å². The highest BCUT2D eigenvalue weighted by atomic mass is 19.4. The molecule has 0 saturated carbocycles. The number of benzene rings is 1. The number of hydrogen-bond donors (Lipinski definition) is 0. The van der Waals surface area contributed by atoms with E-state index < -0.39 is 12.7 Å². The first kappa shape index (κ1) is 20.1. The van der Waals surface area contributed by atoms with Crippen LogP contribution in [0.1, 0.15) is 25.2 Å². The van der Waals surface area contributed by atoms with Gasteiger partial charge in [-0.3, -0.25) is 0 Å². The molecule has 150 valence electrons. The normalized spacial score (nSPS) is 29.8. The van der Waals surface area contributed by atoms with Crippen molar-refractivity contribution >= 4 is 0 Å². The second-order valence-electron chi connectivity index (χ2n) is 6.51. The van der Waals surface area contributed by atoms with Gasteiger partial charge in [0.2, 0.25) is 0 Å². The molecule has 0 atom stereocenters. The number of allylic oxidation sites excluding steroid dienone is 1. The van der Waals surface area contributed by atoms with E-state index in [1.54, 1.807) is 0 Å². The van der Waals surface area contributed by atoms with E-state index in [2.05, 4.69) is 23.8 Å². The lowest BCUT2D eigenvalue weighted by Gasteiger charge is -2.37. The fraction of sp³-hybridized carbons (Fsp3) is 0.579. The molecular formula is C19H23F3O5. The molecule has 0 bridgehead atoms. The number of alkyl halides is 3. The van der Waals surface area contributed by atoms with Crippen molar-refractivity contribution < 1.29 is 36.9 Å². The molecule has 2 aliphatic heterocycles. The summed E-state index contributed by atoms with van der Waals surface area (Å²) in [4.78, 5) is 0. The summed E-state index contributed by atoms with van der Waals surface area (Å²) in [6.07, 6.45) is -0.538. The summed E-state index contributed by atoms with van der Waals surface area (Å²) in [6, 6.07) is 5.45. The molecule has 0 spiro atoms. The van der Waals surface area contributed by atoms with Crippen LogP contribution in [-0.4, -0.2) is 39.1 Å². The molecule has 0 aliphatic carbocycles. The monoisotopic (exact) mass is 388 g/mol. The Morgan fingerprint density at radius 2 is 1.63 bits per heavy atom. The first-order valence-corrected chi connectivity index (χ1v) is 8.93. The van der Waals surface area contributed by atoms with Crippen molar-refractivity contribution in [2.24, 2.45) is 11.8 Å². The van der Waals surface area contributed by atoms with E-state index >= 15 is 0 Å². The minimum atomic E-state index is -4.71. The highest BCUT2D eigenvalue weighted by molar-refractivity contribution is 5.28. The molecule has 2 aliphatic rings. The van der Waals surface area contributed by atoms with E-state index in [0.717, 1.165) is 6.42 Å². The highest BCUT2D eigenvalue weighted by Gasteiger charge is 2.34. The van der Waals surface area contributed by atoms with Crippen molar-refractivity contribution in [3.05, 3.63) is 42.0 Å². The zero-order chi connectivity index (χ0) is 19.3. The third kappa shape index (κ3) is 5.93. The summed E-state index contributed by atoms with van der Waals surface area (Å²) in [5.74, 6) is -0.0717. The standard InChI is InChI=1S/C19H23F3O5/c1-2-3-4-13-9-23-18(24-10-13)15-11-25-17(26-12-15)14-5-7-16(8-6-14)27-19(20,21)22/h3-8,13,15,17-18H,2,9-12H2,1H3/b4-3+/t13-,15-,17-,18-. The molecular weight excluding hydrogens is 365 g/mol. The van der Waals surface area contributed by atoms with Gasteiger partial charge in [0.25, 0.3) is 0 Å². The van der Waals surface area contributed by atoms with Crippen LogP contribution in [0.3, 0.4) is 0 Å². The van der Waals surface area contributed by atoms with Gasteiger partial charge in [-0.1, -0.05) is 31.2 Å². The molecule has 2 fully saturated rings. The van der Waals surface area contributed by atoms with E-state index in [1.807, 2.05) is 0 Å². The van der Waals surface area contributed by atoms with Crippen LogP contribution in [-0.2, 0) is 18.9 Å². The molecule has 0 radical (unpaired) electrons. The van der Waals surface area contributed by atoms with Crippen LogP contribution >= 0.6 is 0 Å². The summed E-state index contributed by atoms with van der Waals surface area (Å²) in [5, 5.41) is 0. The van der Waals surface area contributed by atoms with Crippen LogP contribution in [0.15, 0.2) is 36.4 Å². The quantitative estimate of drug-likeness (QED) is 0.708. The maximum absolute atomic E-state index is 12.2. The van der Waals surface area contributed by atoms with Gasteiger partial charge >= 0.3 is 6.36 Å². The molecule has 2 heterocycles. The van der Waals surface area contributed by atoms with Crippen LogP contribution in [0.2, 0.25) is 0 Å². The molecule has 1 aromatic carbocycles. The SMILES string of the molecule is CC/C=C/[C@H]1CO[C@H]([C@H]2CO[C@H](c3ccc(OC(F)(F)F)cc3)OC2)OC1. The van der Waals surface area contributed by atoms with Gasteiger partial charge in [0.05, 0.1) is 32.3 Å². The Morgan fingerprint density at radius 1 is 1.00 bits per heavy atom. The smallest absolute Gasteiger partial charge is 0.406 e. The molecule has 0 N–H and O–H groups in total. The van der Waals surface area contributed by atoms with Crippen LogP contribution in [0.25, 0.3) is 0 Å².